The highest BCUT2D eigenvalue weighted by atomic mass is 16.2. The van der Waals surface area contributed by atoms with Crippen LogP contribution in [0.1, 0.15) is 11.1 Å². The first-order valence-corrected chi connectivity index (χ1v) is 8.51. The van der Waals surface area contributed by atoms with E-state index in [4.69, 9.17) is 0 Å². The standard InChI is InChI=1S/C22H16N2O3/c1-14-7-2-5-12-19(14)24-21(26)18(20(25)23-22(24)27)13-16-10-6-9-15-8-3-4-11-17(15)16/h2-13H,1H3,(H,23,25,27)/b18-13+. The molecule has 27 heavy (non-hydrogen) atoms. The summed E-state index contributed by atoms with van der Waals surface area (Å²) in [6.07, 6.45) is 1.54. The summed E-state index contributed by atoms with van der Waals surface area (Å²) in [7, 11) is 0. The summed E-state index contributed by atoms with van der Waals surface area (Å²) < 4.78 is 0. The number of para-hydroxylation sites is 1. The van der Waals surface area contributed by atoms with Gasteiger partial charge in [0, 0.05) is 0 Å². The maximum Gasteiger partial charge on any atom is 0.335 e. The number of fused-ring (bicyclic) bond motifs is 1. The first-order valence-electron chi connectivity index (χ1n) is 8.51. The normalized spacial score (nSPS) is 16.1. The molecule has 4 rings (SSSR count). The van der Waals surface area contributed by atoms with E-state index >= 15 is 0 Å². The number of barbiturate groups is 1. The Bertz CT molecular complexity index is 1130. The Hall–Kier alpha value is -3.73. The Morgan fingerprint density at radius 2 is 1.56 bits per heavy atom. The third kappa shape index (κ3) is 2.89. The van der Waals surface area contributed by atoms with E-state index in [0.717, 1.165) is 26.8 Å². The van der Waals surface area contributed by atoms with Crippen molar-refractivity contribution in [2.75, 3.05) is 4.90 Å². The van der Waals surface area contributed by atoms with Gasteiger partial charge in [0.05, 0.1) is 5.69 Å². The second kappa shape index (κ2) is 6.53. The van der Waals surface area contributed by atoms with E-state index in [1.807, 2.05) is 48.5 Å². The van der Waals surface area contributed by atoms with Gasteiger partial charge in [-0.15, -0.1) is 0 Å². The molecule has 0 aromatic heterocycles. The number of carbonyl (C=O) groups excluding carboxylic acids is 3. The number of anilines is 1. The molecule has 0 atom stereocenters. The molecule has 3 aromatic rings. The number of urea groups is 1. The van der Waals surface area contributed by atoms with E-state index < -0.39 is 17.8 Å². The molecule has 132 valence electrons. The Labute approximate surface area is 155 Å². The lowest BCUT2D eigenvalue weighted by atomic mass is 10.0. The maximum atomic E-state index is 13.0. The quantitative estimate of drug-likeness (QED) is 0.561. The number of nitrogens with one attached hydrogen (secondary N) is 1. The molecule has 1 N–H and O–H groups in total. The first kappa shape index (κ1) is 16.7. The fourth-order valence-corrected chi connectivity index (χ4v) is 3.22. The number of hydrogen-bond acceptors (Lipinski definition) is 3. The second-order valence-corrected chi connectivity index (χ2v) is 6.31. The van der Waals surface area contributed by atoms with Crippen LogP contribution in [0.5, 0.6) is 0 Å². The van der Waals surface area contributed by atoms with E-state index in [1.54, 1.807) is 25.1 Å². The number of carbonyl (C=O) groups is 3. The molecule has 4 amide bonds. The molecule has 0 aliphatic carbocycles. The summed E-state index contributed by atoms with van der Waals surface area (Å²) in [4.78, 5) is 38.7. The van der Waals surface area contributed by atoms with Gasteiger partial charge in [-0.05, 0) is 41.0 Å². The fourth-order valence-electron chi connectivity index (χ4n) is 3.22. The van der Waals surface area contributed by atoms with Crippen LogP contribution in [0.15, 0.2) is 72.3 Å². The molecule has 1 fully saturated rings. The third-order valence-electron chi connectivity index (χ3n) is 4.58. The molecule has 0 unspecified atom stereocenters. The van der Waals surface area contributed by atoms with Crippen molar-refractivity contribution in [1.29, 1.82) is 0 Å². The molecule has 1 aliphatic heterocycles. The predicted octanol–water partition coefficient (Wildman–Crippen LogP) is 3.81. The van der Waals surface area contributed by atoms with E-state index in [0.29, 0.717) is 5.69 Å². The Morgan fingerprint density at radius 1 is 0.852 bits per heavy atom. The summed E-state index contributed by atoms with van der Waals surface area (Å²) in [5.74, 6) is -1.33. The van der Waals surface area contributed by atoms with E-state index in [9.17, 15) is 14.4 Å². The minimum Gasteiger partial charge on any atom is -0.273 e. The molecule has 1 aliphatic rings. The minimum atomic E-state index is -0.741. The average molecular weight is 356 g/mol. The Kier molecular flexibility index (Phi) is 4.05. The molecular weight excluding hydrogens is 340 g/mol. The van der Waals surface area contributed by atoms with Crippen molar-refractivity contribution in [1.82, 2.24) is 5.32 Å². The third-order valence-corrected chi connectivity index (χ3v) is 4.58. The highest BCUT2D eigenvalue weighted by molar-refractivity contribution is 6.39. The molecule has 1 heterocycles. The van der Waals surface area contributed by atoms with Crippen molar-refractivity contribution in [3.8, 4) is 0 Å². The van der Waals surface area contributed by atoms with Gasteiger partial charge in [-0.3, -0.25) is 14.9 Å². The van der Waals surface area contributed by atoms with Crippen molar-refractivity contribution in [3.63, 3.8) is 0 Å². The fraction of sp³-hybridized carbons (Fsp3) is 0.0455. The Morgan fingerprint density at radius 3 is 2.37 bits per heavy atom. The number of aryl methyl sites for hydroxylation is 1. The van der Waals surface area contributed by atoms with Crippen LogP contribution in [0.4, 0.5) is 10.5 Å². The van der Waals surface area contributed by atoms with Gasteiger partial charge in [0.2, 0.25) is 0 Å². The number of hydrogen-bond donors (Lipinski definition) is 1. The van der Waals surface area contributed by atoms with E-state index in [1.165, 1.54) is 6.08 Å². The number of benzene rings is 3. The van der Waals surface area contributed by atoms with Crippen molar-refractivity contribution < 1.29 is 14.4 Å². The van der Waals surface area contributed by atoms with Gasteiger partial charge in [-0.2, -0.15) is 0 Å². The molecule has 0 saturated carbocycles. The largest absolute Gasteiger partial charge is 0.335 e. The lowest BCUT2D eigenvalue weighted by molar-refractivity contribution is -0.122. The van der Waals surface area contributed by atoms with Crippen molar-refractivity contribution in [2.45, 2.75) is 6.92 Å². The predicted molar refractivity (Wildman–Crippen MR) is 104 cm³/mol. The van der Waals surface area contributed by atoms with Crippen molar-refractivity contribution in [3.05, 3.63) is 83.4 Å². The van der Waals surface area contributed by atoms with Crippen LogP contribution in [0.3, 0.4) is 0 Å². The van der Waals surface area contributed by atoms with Crippen LogP contribution >= 0.6 is 0 Å². The molecule has 0 radical (unpaired) electrons. The van der Waals surface area contributed by atoms with Gasteiger partial charge in [-0.25, -0.2) is 9.69 Å². The molecule has 5 heteroatoms. The maximum absolute atomic E-state index is 13.0. The average Bonchev–Trinajstić information content (AvgIpc) is 2.66. The zero-order chi connectivity index (χ0) is 19.0. The van der Waals surface area contributed by atoms with E-state index in [-0.39, 0.29) is 5.57 Å². The van der Waals surface area contributed by atoms with Crippen LogP contribution in [0.25, 0.3) is 16.8 Å². The van der Waals surface area contributed by atoms with Gasteiger partial charge in [0.25, 0.3) is 11.8 Å². The second-order valence-electron chi connectivity index (χ2n) is 6.31. The zero-order valence-corrected chi connectivity index (χ0v) is 14.6. The van der Waals surface area contributed by atoms with E-state index in [2.05, 4.69) is 5.32 Å². The Balaban J connectivity index is 1.83. The smallest absolute Gasteiger partial charge is 0.273 e. The summed E-state index contributed by atoms with van der Waals surface area (Å²) in [6.45, 7) is 1.81. The van der Waals surface area contributed by atoms with Crippen LogP contribution in [0, 0.1) is 6.92 Å². The van der Waals surface area contributed by atoms with Crippen LogP contribution in [-0.2, 0) is 9.59 Å². The summed E-state index contributed by atoms with van der Waals surface area (Å²) >= 11 is 0. The summed E-state index contributed by atoms with van der Waals surface area (Å²) in [6, 6.07) is 19.7. The lowest BCUT2D eigenvalue weighted by Gasteiger charge is -2.27. The summed E-state index contributed by atoms with van der Waals surface area (Å²) in [5, 5.41) is 4.19. The molecule has 3 aromatic carbocycles. The molecule has 0 bridgehead atoms. The number of nitrogens with zero attached hydrogens (tertiary/aromatic N) is 1. The topological polar surface area (TPSA) is 66.5 Å². The van der Waals surface area contributed by atoms with Gasteiger partial charge >= 0.3 is 6.03 Å². The van der Waals surface area contributed by atoms with Gasteiger partial charge < -0.3 is 0 Å². The molecule has 5 nitrogen and oxygen atoms in total. The molecule has 1 saturated heterocycles. The SMILES string of the molecule is Cc1ccccc1N1C(=O)NC(=O)/C(=C\c2cccc3ccccc23)C1=O. The number of amides is 4. The zero-order valence-electron chi connectivity index (χ0n) is 14.6. The van der Waals surface area contributed by atoms with Crippen molar-refractivity contribution in [2.24, 2.45) is 0 Å². The highest BCUT2D eigenvalue weighted by Crippen LogP contribution is 2.26. The number of imide groups is 2. The summed E-state index contributed by atoms with van der Waals surface area (Å²) in [5.41, 5.74) is 1.89. The lowest BCUT2D eigenvalue weighted by Crippen LogP contribution is -2.54. The number of rotatable bonds is 2. The van der Waals surface area contributed by atoms with Crippen LogP contribution in [0.2, 0.25) is 0 Å². The molecule has 0 spiro atoms. The van der Waals surface area contributed by atoms with Crippen molar-refractivity contribution >= 4 is 40.4 Å². The highest BCUT2D eigenvalue weighted by Gasteiger charge is 2.37. The van der Waals surface area contributed by atoms with Crippen LogP contribution in [-0.4, -0.2) is 17.8 Å². The van der Waals surface area contributed by atoms with Gasteiger partial charge in [0.1, 0.15) is 5.57 Å². The monoisotopic (exact) mass is 356 g/mol. The first-order chi connectivity index (χ1) is 13.1. The van der Waals surface area contributed by atoms with Crippen LogP contribution < -0.4 is 10.2 Å². The molecular formula is C22H16N2O3. The minimum absolute atomic E-state index is 0.0748. The van der Waals surface area contributed by atoms with Gasteiger partial charge in [0.15, 0.2) is 0 Å². The van der Waals surface area contributed by atoms with Gasteiger partial charge in [-0.1, -0.05) is 60.7 Å².